The van der Waals surface area contributed by atoms with E-state index in [1.165, 1.54) is 6.07 Å². The number of hydrogen-bond donors (Lipinski definition) is 3. The number of hydrogen-bond acceptors (Lipinski definition) is 8. The average Bonchev–Trinajstić information content (AvgIpc) is 2.66. The first kappa shape index (κ1) is 19.0. The van der Waals surface area contributed by atoms with Crippen LogP contribution in [0.4, 0.5) is 23.1 Å². The quantitative estimate of drug-likeness (QED) is 0.424. The number of hydrazine groups is 1. The van der Waals surface area contributed by atoms with Crippen LogP contribution in [0.3, 0.4) is 0 Å². The van der Waals surface area contributed by atoms with E-state index in [1.807, 2.05) is 6.92 Å². The van der Waals surface area contributed by atoms with Crippen molar-refractivity contribution >= 4 is 40.6 Å². The number of halogens is 1. The molecule has 0 bridgehead atoms. The van der Waals surface area contributed by atoms with Gasteiger partial charge in [-0.25, -0.2) is 15.0 Å². The highest BCUT2D eigenvalue weighted by molar-refractivity contribution is 6.33. The van der Waals surface area contributed by atoms with Gasteiger partial charge in [-0.3, -0.25) is 25.8 Å². The van der Waals surface area contributed by atoms with Crippen LogP contribution < -0.4 is 16.2 Å². The number of carbonyl (C=O) groups excluding carboxylic acids is 1. The Morgan fingerprint density at radius 2 is 1.89 bits per heavy atom. The lowest BCUT2D eigenvalue weighted by atomic mass is 10.2. The van der Waals surface area contributed by atoms with Crippen molar-refractivity contribution in [3.63, 3.8) is 0 Å². The molecule has 2 aromatic heterocycles. The second-order valence-corrected chi connectivity index (χ2v) is 5.99. The lowest BCUT2D eigenvalue weighted by Gasteiger charge is -2.11. The molecule has 0 radical (unpaired) electrons. The van der Waals surface area contributed by atoms with Gasteiger partial charge < -0.3 is 5.32 Å². The molecule has 0 aliphatic rings. The normalized spacial score (nSPS) is 10.2. The monoisotopic (exact) mass is 399 g/mol. The molecular formula is C17H14ClN7O3. The Kier molecular flexibility index (Phi) is 5.61. The molecule has 0 atom stereocenters. The van der Waals surface area contributed by atoms with Crippen molar-refractivity contribution in [1.82, 2.24) is 20.4 Å². The third-order valence-corrected chi connectivity index (χ3v) is 3.91. The van der Waals surface area contributed by atoms with Gasteiger partial charge in [0.2, 0.25) is 11.6 Å². The topological polar surface area (TPSA) is 135 Å². The van der Waals surface area contributed by atoms with Gasteiger partial charge in [0, 0.05) is 6.20 Å². The zero-order chi connectivity index (χ0) is 20.1. The smallest absolute Gasteiger partial charge is 0.319 e. The Morgan fingerprint density at radius 1 is 1.14 bits per heavy atom. The first-order chi connectivity index (χ1) is 13.5. The Balaban J connectivity index is 1.84. The number of nitro groups is 1. The van der Waals surface area contributed by atoms with Gasteiger partial charge in [-0.2, -0.15) is 0 Å². The minimum absolute atomic E-state index is 0.0763. The summed E-state index contributed by atoms with van der Waals surface area (Å²) in [6, 6.07) is 9.89. The van der Waals surface area contributed by atoms with E-state index in [0.29, 0.717) is 5.82 Å². The van der Waals surface area contributed by atoms with Crippen LogP contribution in [0.25, 0.3) is 0 Å². The van der Waals surface area contributed by atoms with Crippen LogP contribution in [0.2, 0.25) is 5.02 Å². The van der Waals surface area contributed by atoms with E-state index < -0.39 is 16.5 Å². The van der Waals surface area contributed by atoms with Gasteiger partial charge in [0.25, 0.3) is 5.91 Å². The van der Waals surface area contributed by atoms with Crippen molar-refractivity contribution in [2.45, 2.75) is 6.92 Å². The van der Waals surface area contributed by atoms with Gasteiger partial charge in [-0.15, -0.1) is 0 Å². The Labute approximate surface area is 164 Å². The van der Waals surface area contributed by atoms with Crippen molar-refractivity contribution in [2.24, 2.45) is 0 Å². The molecule has 11 heteroatoms. The number of amides is 1. The van der Waals surface area contributed by atoms with Gasteiger partial charge in [0.05, 0.1) is 15.5 Å². The van der Waals surface area contributed by atoms with Gasteiger partial charge in [0.15, 0.2) is 0 Å². The molecule has 10 nitrogen and oxygen atoms in total. The molecule has 3 N–H and O–H groups in total. The van der Waals surface area contributed by atoms with Crippen molar-refractivity contribution in [2.75, 3.05) is 10.7 Å². The first-order valence-corrected chi connectivity index (χ1v) is 8.33. The highest BCUT2D eigenvalue weighted by Gasteiger charge is 2.24. The highest BCUT2D eigenvalue weighted by atomic mass is 35.5. The van der Waals surface area contributed by atoms with Gasteiger partial charge in [-0.1, -0.05) is 23.7 Å². The fourth-order valence-electron chi connectivity index (χ4n) is 2.29. The molecule has 28 heavy (non-hydrogen) atoms. The molecule has 1 aromatic carbocycles. The van der Waals surface area contributed by atoms with Gasteiger partial charge in [0.1, 0.15) is 12.1 Å². The second kappa shape index (κ2) is 8.27. The zero-order valence-electron chi connectivity index (χ0n) is 14.5. The predicted molar refractivity (Wildman–Crippen MR) is 103 cm³/mol. The largest absolute Gasteiger partial charge is 0.355 e. The van der Waals surface area contributed by atoms with Crippen molar-refractivity contribution < 1.29 is 9.72 Å². The summed E-state index contributed by atoms with van der Waals surface area (Å²) in [6.07, 6.45) is 2.68. The molecule has 0 unspecified atom stereocenters. The Hall–Kier alpha value is -3.79. The Bertz CT molecular complexity index is 1040. The number of nitrogens with one attached hydrogen (secondary N) is 3. The molecule has 0 aliphatic heterocycles. The van der Waals surface area contributed by atoms with Crippen molar-refractivity contribution in [3.8, 4) is 0 Å². The minimum Gasteiger partial charge on any atom is -0.319 e. The molecule has 0 aliphatic carbocycles. The zero-order valence-corrected chi connectivity index (χ0v) is 15.3. The molecule has 0 saturated heterocycles. The maximum atomic E-state index is 12.2. The number of carbonyl (C=O) groups is 1. The number of aryl methyl sites for hydroxylation is 1. The summed E-state index contributed by atoms with van der Waals surface area (Å²) in [5, 5.41) is 14.6. The van der Waals surface area contributed by atoms with Crippen molar-refractivity contribution in [1.29, 1.82) is 0 Å². The van der Waals surface area contributed by atoms with Gasteiger partial charge >= 0.3 is 5.69 Å². The third-order valence-electron chi connectivity index (χ3n) is 3.58. The first-order valence-electron chi connectivity index (χ1n) is 7.95. The van der Waals surface area contributed by atoms with Crippen LogP contribution in [-0.2, 0) is 0 Å². The number of anilines is 3. The molecule has 3 aromatic rings. The number of rotatable bonds is 6. The second-order valence-electron chi connectivity index (χ2n) is 5.58. The van der Waals surface area contributed by atoms with Crippen LogP contribution in [0.1, 0.15) is 15.9 Å². The molecule has 0 fully saturated rings. The third kappa shape index (κ3) is 4.30. The van der Waals surface area contributed by atoms with E-state index >= 15 is 0 Å². The minimum atomic E-state index is -0.665. The number of aromatic nitrogens is 3. The maximum absolute atomic E-state index is 12.2. The van der Waals surface area contributed by atoms with Crippen LogP contribution in [0.15, 0.2) is 48.9 Å². The standard InChI is InChI=1S/C17H14ClN7O3/c1-10-6-7-19-13(8-10)22-15-14(25(27)28)16(21-9-20-15)23-24-17(26)11-4-2-3-5-12(11)18/h2-9H,1H3,(H,24,26)(H2,19,20,21,22,23). The van der Waals surface area contributed by atoms with E-state index in [2.05, 4.69) is 31.1 Å². The number of nitrogens with zero attached hydrogens (tertiary/aromatic N) is 4. The molecule has 3 rings (SSSR count). The molecule has 0 saturated carbocycles. The lowest BCUT2D eigenvalue weighted by molar-refractivity contribution is -0.383. The maximum Gasteiger partial charge on any atom is 0.355 e. The van der Waals surface area contributed by atoms with Crippen LogP contribution in [0.5, 0.6) is 0 Å². The summed E-state index contributed by atoms with van der Waals surface area (Å²) in [5.74, 6) is -0.468. The number of benzene rings is 1. The molecule has 142 valence electrons. The van der Waals surface area contributed by atoms with Crippen LogP contribution >= 0.6 is 11.6 Å². The summed E-state index contributed by atoms with van der Waals surface area (Å²) in [6.45, 7) is 1.86. The van der Waals surface area contributed by atoms with Crippen LogP contribution in [-0.4, -0.2) is 25.8 Å². The van der Waals surface area contributed by atoms with E-state index in [9.17, 15) is 14.9 Å². The Morgan fingerprint density at radius 3 is 2.61 bits per heavy atom. The lowest BCUT2D eigenvalue weighted by Crippen LogP contribution is -2.30. The summed E-state index contributed by atoms with van der Waals surface area (Å²) < 4.78 is 0. The predicted octanol–water partition coefficient (Wildman–Crippen LogP) is 3.24. The SMILES string of the molecule is Cc1ccnc(Nc2ncnc(NNC(=O)c3ccccc3Cl)c2[N+](=O)[O-])c1. The summed E-state index contributed by atoms with van der Waals surface area (Å²) in [5.41, 5.74) is 5.45. The van der Waals surface area contributed by atoms with E-state index in [4.69, 9.17) is 11.6 Å². The average molecular weight is 400 g/mol. The molecular weight excluding hydrogens is 386 g/mol. The molecule has 2 heterocycles. The van der Waals surface area contributed by atoms with Crippen LogP contribution in [0, 0.1) is 17.0 Å². The fourth-order valence-corrected chi connectivity index (χ4v) is 2.51. The highest BCUT2D eigenvalue weighted by Crippen LogP contribution is 2.30. The summed E-state index contributed by atoms with van der Waals surface area (Å²) in [4.78, 5) is 35.0. The molecule has 1 amide bonds. The van der Waals surface area contributed by atoms with E-state index in [-0.39, 0.29) is 22.2 Å². The summed E-state index contributed by atoms with van der Waals surface area (Å²) >= 11 is 5.97. The van der Waals surface area contributed by atoms with Gasteiger partial charge in [-0.05, 0) is 36.8 Å². The van der Waals surface area contributed by atoms with E-state index in [0.717, 1.165) is 11.9 Å². The summed E-state index contributed by atoms with van der Waals surface area (Å²) in [7, 11) is 0. The van der Waals surface area contributed by atoms with E-state index in [1.54, 1.807) is 36.5 Å². The fraction of sp³-hybridized carbons (Fsp3) is 0.0588. The number of pyridine rings is 1. The molecule has 0 spiro atoms. The van der Waals surface area contributed by atoms with Crippen molar-refractivity contribution in [3.05, 3.63) is 75.2 Å².